The second kappa shape index (κ2) is 7.68. The molecule has 1 aromatic heterocycles. The van der Waals surface area contributed by atoms with Gasteiger partial charge in [-0.25, -0.2) is 0 Å². The van der Waals surface area contributed by atoms with E-state index in [1.165, 1.54) is 12.0 Å². The molecule has 0 spiro atoms. The van der Waals surface area contributed by atoms with E-state index in [1.807, 2.05) is 0 Å². The minimum Gasteiger partial charge on any atom is -0.507 e. The summed E-state index contributed by atoms with van der Waals surface area (Å²) in [5, 5.41) is 15.4. The van der Waals surface area contributed by atoms with Crippen molar-refractivity contribution in [3.8, 4) is 5.75 Å². The Morgan fingerprint density at radius 3 is 2.50 bits per heavy atom. The number of halogens is 1. The Balaban J connectivity index is 1.98. The van der Waals surface area contributed by atoms with Gasteiger partial charge in [-0.15, -0.1) is 0 Å². The molecule has 1 aliphatic rings. The number of carbonyl (C=O) groups excluding carboxylic acids is 2. The molecule has 0 aliphatic carbocycles. The zero-order chi connectivity index (χ0) is 21.4. The number of hydrogen-bond donors (Lipinski definition) is 1. The van der Waals surface area contributed by atoms with E-state index in [2.05, 4.69) is 5.16 Å². The maximum absolute atomic E-state index is 13.0. The van der Waals surface area contributed by atoms with E-state index in [0.29, 0.717) is 27.7 Å². The zero-order valence-corrected chi connectivity index (χ0v) is 16.9. The highest BCUT2D eigenvalue weighted by atomic mass is 35.5. The van der Waals surface area contributed by atoms with Gasteiger partial charge in [0.25, 0.3) is 5.78 Å². The first-order chi connectivity index (χ1) is 14.4. The molecule has 1 unspecified atom stereocenters. The number of rotatable bonds is 4. The Hall–Kier alpha value is -3.58. The molecule has 1 atom stereocenters. The van der Waals surface area contributed by atoms with Crippen LogP contribution >= 0.6 is 11.6 Å². The number of para-hydroxylation sites is 1. The number of carbonyl (C=O) groups is 2. The topological polar surface area (TPSA) is 92.9 Å². The predicted molar refractivity (Wildman–Crippen MR) is 110 cm³/mol. The first-order valence-electron chi connectivity index (χ1n) is 9.05. The molecule has 0 bridgehead atoms. The smallest absolute Gasteiger partial charge is 0.301 e. The van der Waals surface area contributed by atoms with Crippen LogP contribution in [0.25, 0.3) is 5.76 Å². The van der Waals surface area contributed by atoms with Crippen LogP contribution in [-0.4, -0.2) is 29.1 Å². The number of anilines is 1. The third kappa shape index (κ3) is 3.23. The van der Waals surface area contributed by atoms with Gasteiger partial charge in [-0.05, 0) is 37.3 Å². The number of aliphatic hydroxyl groups is 1. The monoisotopic (exact) mass is 424 g/mol. The Labute approximate surface area is 177 Å². The number of amides is 1. The van der Waals surface area contributed by atoms with Gasteiger partial charge in [0.05, 0.1) is 12.7 Å². The van der Waals surface area contributed by atoms with Gasteiger partial charge in [0.15, 0.2) is 5.82 Å². The van der Waals surface area contributed by atoms with Crippen molar-refractivity contribution in [3.63, 3.8) is 0 Å². The minimum atomic E-state index is -0.957. The molecule has 1 amide bonds. The number of benzene rings is 2. The van der Waals surface area contributed by atoms with Gasteiger partial charge < -0.3 is 14.4 Å². The number of aliphatic hydroxyl groups excluding tert-OH is 1. The second-order valence-electron chi connectivity index (χ2n) is 6.71. The van der Waals surface area contributed by atoms with Crippen molar-refractivity contribution in [1.82, 2.24) is 5.16 Å². The van der Waals surface area contributed by atoms with Crippen LogP contribution in [0.1, 0.15) is 22.9 Å². The highest BCUT2D eigenvalue weighted by Gasteiger charge is 2.49. The number of hydrogen-bond acceptors (Lipinski definition) is 6. The van der Waals surface area contributed by atoms with Crippen LogP contribution in [0.4, 0.5) is 5.82 Å². The van der Waals surface area contributed by atoms with E-state index in [9.17, 15) is 14.7 Å². The third-order valence-electron chi connectivity index (χ3n) is 4.86. The quantitative estimate of drug-likeness (QED) is 0.382. The first kappa shape index (κ1) is 19.7. The summed E-state index contributed by atoms with van der Waals surface area (Å²) < 4.78 is 10.6. The summed E-state index contributed by atoms with van der Waals surface area (Å²) in [6, 6.07) is 13.9. The number of ketones is 1. The van der Waals surface area contributed by atoms with Crippen LogP contribution in [0.15, 0.2) is 64.7 Å². The number of aryl methyl sites for hydroxylation is 1. The summed E-state index contributed by atoms with van der Waals surface area (Å²) in [5.74, 6) is -0.877. The predicted octanol–water partition coefficient (Wildman–Crippen LogP) is 4.27. The lowest BCUT2D eigenvalue weighted by atomic mass is 9.94. The SMILES string of the molecule is COc1ccccc1C1C(=C(O)c2ccc(Cl)cc2)C(=O)C(=O)N1c1cc(C)on1. The molecule has 30 heavy (non-hydrogen) atoms. The highest BCUT2D eigenvalue weighted by Crippen LogP contribution is 2.44. The molecular weight excluding hydrogens is 408 g/mol. The largest absolute Gasteiger partial charge is 0.507 e. The van der Waals surface area contributed by atoms with Gasteiger partial charge in [0.1, 0.15) is 23.3 Å². The normalized spacial score (nSPS) is 18.1. The van der Waals surface area contributed by atoms with Crippen LogP contribution in [-0.2, 0) is 9.59 Å². The number of nitrogens with zero attached hydrogens (tertiary/aromatic N) is 2. The summed E-state index contributed by atoms with van der Waals surface area (Å²) in [6.45, 7) is 1.68. The highest BCUT2D eigenvalue weighted by molar-refractivity contribution is 6.51. The molecule has 1 fully saturated rings. The number of aromatic nitrogens is 1. The zero-order valence-electron chi connectivity index (χ0n) is 16.1. The van der Waals surface area contributed by atoms with E-state index in [4.69, 9.17) is 20.9 Å². The molecule has 4 rings (SSSR count). The summed E-state index contributed by atoms with van der Waals surface area (Å²) in [4.78, 5) is 27.2. The van der Waals surface area contributed by atoms with E-state index >= 15 is 0 Å². The summed E-state index contributed by atoms with van der Waals surface area (Å²) >= 11 is 5.94. The standard InChI is InChI=1S/C22H17ClN2O5/c1-12-11-17(24-30-12)25-19(15-5-3-4-6-16(15)29-2)18(21(27)22(25)28)20(26)13-7-9-14(23)10-8-13/h3-11,19,26H,1-2H3. The molecule has 7 nitrogen and oxygen atoms in total. The lowest BCUT2D eigenvalue weighted by Gasteiger charge is -2.24. The summed E-state index contributed by atoms with van der Waals surface area (Å²) in [5.41, 5.74) is 0.802. The van der Waals surface area contributed by atoms with Crippen molar-refractivity contribution >= 4 is 34.9 Å². The van der Waals surface area contributed by atoms with Crippen LogP contribution in [0.5, 0.6) is 5.75 Å². The van der Waals surface area contributed by atoms with Crippen molar-refractivity contribution in [1.29, 1.82) is 0 Å². The minimum absolute atomic E-state index is 0.0764. The van der Waals surface area contributed by atoms with Crippen molar-refractivity contribution in [2.24, 2.45) is 0 Å². The Kier molecular flexibility index (Phi) is 5.05. The van der Waals surface area contributed by atoms with Gasteiger partial charge in [-0.2, -0.15) is 0 Å². The van der Waals surface area contributed by atoms with Crippen molar-refractivity contribution in [2.75, 3.05) is 12.0 Å². The maximum atomic E-state index is 13.0. The van der Waals surface area contributed by atoms with Gasteiger partial charge in [-0.3, -0.25) is 14.5 Å². The Bertz CT molecular complexity index is 1170. The fraction of sp³-hybridized carbons (Fsp3) is 0.136. The van der Waals surface area contributed by atoms with E-state index in [1.54, 1.807) is 61.5 Å². The molecular formula is C22H17ClN2O5. The average molecular weight is 425 g/mol. The molecule has 152 valence electrons. The molecule has 1 saturated heterocycles. The molecule has 3 aromatic rings. The summed E-state index contributed by atoms with van der Waals surface area (Å²) in [7, 11) is 1.49. The van der Waals surface area contributed by atoms with Crippen molar-refractivity contribution in [2.45, 2.75) is 13.0 Å². The first-order valence-corrected chi connectivity index (χ1v) is 9.43. The molecule has 2 aromatic carbocycles. The van der Waals surface area contributed by atoms with E-state index in [0.717, 1.165) is 0 Å². The molecule has 1 N–H and O–H groups in total. The fourth-order valence-electron chi connectivity index (χ4n) is 3.49. The van der Waals surface area contributed by atoms with Gasteiger partial charge >= 0.3 is 5.91 Å². The Morgan fingerprint density at radius 1 is 1.17 bits per heavy atom. The fourth-order valence-corrected chi connectivity index (χ4v) is 3.61. The second-order valence-corrected chi connectivity index (χ2v) is 7.15. The summed E-state index contributed by atoms with van der Waals surface area (Å²) in [6.07, 6.45) is 0. The van der Waals surface area contributed by atoms with Crippen molar-refractivity contribution < 1.29 is 24.0 Å². The third-order valence-corrected chi connectivity index (χ3v) is 5.11. The van der Waals surface area contributed by atoms with Crippen LogP contribution in [0, 0.1) is 6.92 Å². The Morgan fingerprint density at radius 2 is 1.87 bits per heavy atom. The molecule has 2 heterocycles. The van der Waals surface area contributed by atoms with Gasteiger partial charge in [0, 0.05) is 22.2 Å². The average Bonchev–Trinajstić information content (AvgIpc) is 3.29. The molecule has 0 saturated carbocycles. The van der Waals surface area contributed by atoms with Gasteiger partial charge in [0.2, 0.25) is 0 Å². The number of methoxy groups -OCH3 is 1. The van der Waals surface area contributed by atoms with Crippen LogP contribution < -0.4 is 9.64 Å². The number of Topliss-reactive ketones (excluding diaryl/α,β-unsaturated/α-hetero) is 1. The lowest BCUT2D eigenvalue weighted by Crippen LogP contribution is -2.29. The van der Waals surface area contributed by atoms with Crippen LogP contribution in [0.3, 0.4) is 0 Å². The molecule has 0 radical (unpaired) electrons. The maximum Gasteiger partial charge on any atom is 0.301 e. The number of ether oxygens (including phenoxy) is 1. The molecule has 1 aliphatic heterocycles. The van der Waals surface area contributed by atoms with Crippen molar-refractivity contribution in [3.05, 3.63) is 82.1 Å². The van der Waals surface area contributed by atoms with E-state index in [-0.39, 0.29) is 17.2 Å². The van der Waals surface area contributed by atoms with Gasteiger partial charge in [-0.1, -0.05) is 35.0 Å². The molecule has 8 heteroatoms. The van der Waals surface area contributed by atoms with Crippen LogP contribution in [0.2, 0.25) is 5.02 Å². The lowest BCUT2D eigenvalue weighted by molar-refractivity contribution is -0.132. The van der Waals surface area contributed by atoms with E-state index < -0.39 is 17.7 Å².